The molecule has 1 fully saturated rings. The second kappa shape index (κ2) is 7.95. The van der Waals surface area contributed by atoms with Crippen LogP contribution in [0, 0.1) is 6.92 Å². The van der Waals surface area contributed by atoms with Gasteiger partial charge in [0, 0.05) is 50.5 Å². The van der Waals surface area contributed by atoms with Crippen LogP contribution in [-0.4, -0.2) is 52.1 Å². The van der Waals surface area contributed by atoms with Crippen LogP contribution in [0.25, 0.3) is 0 Å². The molecule has 0 unspecified atom stereocenters. The number of fused-ring (bicyclic) bond motifs is 1. The molecule has 0 aliphatic carbocycles. The molecule has 25 heavy (non-hydrogen) atoms. The van der Waals surface area contributed by atoms with Crippen molar-refractivity contribution in [1.29, 1.82) is 0 Å². The zero-order valence-corrected chi connectivity index (χ0v) is 15.6. The number of thiazole rings is 1. The van der Waals surface area contributed by atoms with Gasteiger partial charge < -0.3 is 9.47 Å². The lowest BCUT2D eigenvalue weighted by atomic mass is 10.0. The molecule has 7 heteroatoms. The fourth-order valence-corrected chi connectivity index (χ4v) is 4.43. The van der Waals surface area contributed by atoms with Crippen LogP contribution >= 0.6 is 11.3 Å². The largest absolute Gasteiger partial charge is 0.381 e. The predicted octanol–water partition coefficient (Wildman–Crippen LogP) is 2.79. The van der Waals surface area contributed by atoms with Gasteiger partial charge in [0.15, 0.2) is 0 Å². The van der Waals surface area contributed by atoms with Crippen LogP contribution in [0.3, 0.4) is 0 Å². The van der Waals surface area contributed by atoms with E-state index in [2.05, 4.69) is 31.1 Å². The molecule has 0 spiro atoms. The number of ether oxygens (including phenoxy) is 2. The normalized spacial score (nSPS) is 22.2. The Balaban J connectivity index is 1.33. The highest BCUT2D eigenvalue weighted by Gasteiger charge is 2.30. The summed E-state index contributed by atoms with van der Waals surface area (Å²) >= 11 is 1.68. The fourth-order valence-electron chi connectivity index (χ4n) is 3.83. The Labute approximate surface area is 152 Å². The maximum absolute atomic E-state index is 5.87. The van der Waals surface area contributed by atoms with Crippen molar-refractivity contribution in [3.05, 3.63) is 34.0 Å². The van der Waals surface area contributed by atoms with Crippen LogP contribution in [0.2, 0.25) is 0 Å². The zero-order chi connectivity index (χ0) is 17.1. The number of nitrogens with zero attached hydrogens (tertiary/aromatic N) is 4. The molecule has 4 heterocycles. The molecule has 1 saturated heterocycles. The number of aryl methyl sites for hydroxylation is 1. The molecule has 0 N–H and O–H groups in total. The second-order valence-corrected chi connectivity index (χ2v) is 7.96. The predicted molar refractivity (Wildman–Crippen MR) is 96.6 cm³/mol. The Morgan fingerprint density at radius 1 is 1.36 bits per heavy atom. The summed E-state index contributed by atoms with van der Waals surface area (Å²) in [7, 11) is 0. The van der Waals surface area contributed by atoms with Gasteiger partial charge in [-0.25, -0.2) is 4.98 Å². The maximum atomic E-state index is 5.87. The third-order valence-corrected chi connectivity index (χ3v) is 5.95. The van der Waals surface area contributed by atoms with Crippen molar-refractivity contribution in [2.24, 2.45) is 0 Å². The molecule has 136 valence electrons. The van der Waals surface area contributed by atoms with Crippen LogP contribution in [0.15, 0.2) is 17.6 Å². The van der Waals surface area contributed by atoms with Crippen molar-refractivity contribution in [3.63, 3.8) is 0 Å². The molecule has 6 nitrogen and oxygen atoms in total. The third kappa shape index (κ3) is 4.11. The molecule has 0 saturated carbocycles. The summed E-state index contributed by atoms with van der Waals surface area (Å²) in [6.07, 6.45) is 5.19. The zero-order valence-electron chi connectivity index (χ0n) is 14.8. The third-order valence-electron chi connectivity index (χ3n) is 5.13. The number of aromatic nitrogens is 3. The van der Waals surface area contributed by atoms with Gasteiger partial charge in [0.2, 0.25) is 0 Å². The lowest BCUT2D eigenvalue weighted by Crippen LogP contribution is -2.46. The van der Waals surface area contributed by atoms with Crippen LogP contribution in [0.1, 0.15) is 41.7 Å². The Kier molecular flexibility index (Phi) is 5.45. The molecule has 0 aromatic carbocycles. The van der Waals surface area contributed by atoms with E-state index in [1.165, 1.54) is 5.69 Å². The van der Waals surface area contributed by atoms with E-state index in [1.54, 1.807) is 11.3 Å². The Bertz CT molecular complexity index is 680. The summed E-state index contributed by atoms with van der Waals surface area (Å²) in [5, 5.41) is 7.73. The van der Waals surface area contributed by atoms with Gasteiger partial charge in [0.1, 0.15) is 0 Å². The van der Waals surface area contributed by atoms with Crippen LogP contribution < -0.4 is 0 Å². The molecular weight excluding hydrogens is 336 g/mol. The van der Waals surface area contributed by atoms with E-state index in [4.69, 9.17) is 9.47 Å². The minimum Gasteiger partial charge on any atom is -0.381 e. The molecular formula is C18H26N4O2S. The summed E-state index contributed by atoms with van der Waals surface area (Å²) in [4.78, 5) is 7.07. The fraction of sp³-hybridized carbons (Fsp3) is 0.667. The van der Waals surface area contributed by atoms with Gasteiger partial charge in [-0.2, -0.15) is 5.10 Å². The average molecular weight is 362 g/mol. The summed E-state index contributed by atoms with van der Waals surface area (Å²) in [6.45, 7) is 7.20. The number of hydrogen-bond donors (Lipinski definition) is 0. The Morgan fingerprint density at radius 3 is 3.04 bits per heavy atom. The van der Waals surface area contributed by atoms with Gasteiger partial charge in [-0.3, -0.25) is 9.58 Å². The molecule has 4 rings (SSSR count). The highest BCUT2D eigenvalue weighted by atomic mass is 32.1. The molecule has 0 radical (unpaired) electrons. The van der Waals surface area contributed by atoms with Crippen molar-refractivity contribution in [3.8, 4) is 0 Å². The highest BCUT2D eigenvalue weighted by Crippen LogP contribution is 2.27. The van der Waals surface area contributed by atoms with E-state index >= 15 is 0 Å². The molecule has 2 aliphatic heterocycles. The lowest BCUT2D eigenvalue weighted by molar-refractivity contribution is 0.0116. The molecule has 2 aliphatic rings. The molecule has 2 aromatic heterocycles. The quantitative estimate of drug-likeness (QED) is 0.740. The standard InChI is InChI=1S/C18H26N4O2S/c1-14-20-15(13-25-14)12-24-9-5-18-11-21(16-3-7-23-8-4-16)10-17-2-6-19-22(17)18/h2,6,13,16,18H,3-5,7-12H2,1H3/t18-/m0/s1. The topological polar surface area (TPSA) is 52.4 Å². The van der Waals surface area contributed by atoms with Crippen molar-refractivity contribution in [1.82, 2.24) is 19.7 Å². The summed E-state index contributed by atoms with van der Waals surface area (Å²) in [6, 6.07) is 3.18. The monoisotopic (exact) mass is 362 g/mol. The van der Waals surface area contributed by atoms with Gasteiger partial charge >= 0.3 is 0 Å². The first-order chi connectivity index (χ1) is 12.3. The Hall–Kier alpha value is -1.28. The van der Waals surface area contributed by atoms with Gasteiger partial charge in [0.25, 0.3) is 0 Å². The molecule has 1 atom stereocenters. The van der Waals surface area contributed by atoms with Gasteiger partial charge in [0.05, 0.1) is 29.0 Å². The van der Waals surface area contributed by atoms with E-state index in [0.717, 1.165) is 62.9 Å². The smallest absolute Gasteiger partial charge is 0.0898 e. The van der Waals surface area contributed by atoms with E-state index in [1.807, 2.05) is 13.1 Å². The summed E-state index contributed by atoms with van der Waals surface area (Å²) in [5.74, 6) is 0. The SMILES string of the molecule is Cc1nc(COCC[C@H]2CN(C3CCOCC3)Cc3ccnn32)cs1. The minimum atomic E-state index is 0.388. The van der Waals surface area contributed by atoms with E-state index in [9.17, 15) is 0 Å². The second-order valence-electron chi connectivity index (χ2n) is 6.89. The first-order valence-corrected chi connectivity index (χ1v) is 10.0. The highest BCUT2D eigenvalue weighted by molar-refractivity contribution is 7.09. The molecule has 2 aromatic rings. The van der Waals surface area contributed by atoms with Crippen molar-refractivity contribution in [2.75, 3.05) is 26.4 Å². The maximum Gasteiger partial charge on any atom is 0.0898 e. The Morgan fingerprint density at radius 2 is 2.24 bits per heavy atom. The first-order valence-electron chi connectivity index (χ1n) is 9.12. The van der Waals surface area contributed by atoms with Gasteiger partial charge in [-0.15, -0.1) is 11.3 Å². The van der Waals surface area contributed by atoms with Crippen LogP contribution in [0.5, 0.6) is 0 Å². The van der Waals surface area contributed by atoms with E-state index in [0.29, 0.717) is 18.7 Å². The van der Waals surface area contributed by atoms with Gasteiger partial charge in [-0.05, 0) is 32.3 Å². The number of hydrogen-bond acceptors (Lipinski definition) is 6. The van der Waals surface area contributed by atoms with Gasteiger partial charge in [-0.1, -0.05) is 0 Å². The number of rotatable bonds is 6. The van der Waals surface area contributed by atoms with E-state index in [-0.39, 0.29) is 0 Å². The summed E-state index contributed by atoms with van der Waals surface area (Å²) < 4.78 is 13.6. The van der Waals surface area contributed by atoms with Crippen molar-refractivity contribution >= 4 is 11.3 Å². The van der Waals surface area contributed by atoms with Crippen LogP contribution in [-0.2, 0) is 22.6 Å². The minimum absolute atomic E-state index is 0.388. The first kappa shape index (κ1) is 17.1. The molecule has 0 bridgehead atoms. The summed E-state index contributed by atoms with van der Waals surface area (Å²) in [5.41, 5.74) is 2.35. The van der Waals surface area contributed by atoms with Crippen molar-refractivity contribution in [2.45, 2.75) is 51.4 Å². The van der Waals surface area contributed by atoms with E-state index < -0.39 is 0 Å². The lowest BCUT2D eigenvalue weighted by Gasteiger charge is -2.40. The van der Waals surface area contributed by atoms with Crippen molar-refractivity contribution < 1.29 is 9.47 Å². The molecule has 0 amide bonds. The average Bonchev–Trinajstić information content (AvgIpc) is 3.28. The van der Waals surface area contributed by atoms with Crippen LogP contribution in [0.4, 0.5) is 0 Å².